The van der Waals surface area contributed by atoms with Gasteiger partial charge in [0.1, 0.15) is 5.69 Å². The van der Waals surface area contributed by atoms with Crippen molar-refractivity contribution in [2.45, 2.75) is 46.0 Å². The maximum absolute atomic E-state index is 4.66. The topological polar surface area (TPSA) is 65.6 Å². The average molecular weight is 572 g/mol. The zero-order chi connectivity index (χ0) is 29.2. The van der Waals surface area contributed by atoms with Crippen molar-refractivity contribution >= 4 is 44.8 Å². The van der Waals surface area contributed by atoms with Crippen molar-refractivity contribution in [2.75, 3.05) is 5.32 Å². The first-order valence-corrected chi connectivity index (χ1v) is 15.4. The van der Waals surface area contributed by atoms with Gasteiger partial charge in [0, 0.05) is 44.7 Å². The van der Waals surface area contributed by atoms with E-state index in [0.29, 0.717) is 5.92 Å². The summed E-state index contributed by atoms with van der Waals surface area (Å²) < 4.78 is 0. The molecule has 0 spiro atoms. The molecular weight excluding hydrogens is 534 g/mol. The Balaban J connectivity index is 1.25. The van der Waals surface area contributed by atoms with Gasteiger partial charge in [0.05, 0.1) is 23.1 Å². The SMILES string of the molecule is C=C(C)c1ccc(C2=CC=CCC(NC(=C)c3n[nH]c4ccc(-c5cncc(NC(=C)C6CCCC6)c5)cc34)=C2C)s1. The first-order chi connectivity index (χ1) is 20.4. The number of aromatic amines is 1. The van der Waals surface area contributed by atoms with Gasteiger partial charge in [0.2, 0.25) is 0 Å². The molecule has 3 aromatic heterocycles. The number of nitrogens with one attached hydrogen (secondary N) is 3. The molecule has 212 valence electrons. The Morgan fingerprint density at radius 3 is 2.62 bits per heavy atom. The van der Waals surface area contributed by atoms with Crippen molar-refractivity contribution < 1.29 is 0 Å². The normalized spacial score (nSPS) is 15.5. The molecule has 2 aliphatic rings. The lowest BCUT2D eigenvalue weighted by Crippen LogP contribution is -2.13. The van der Waals surface area contributed by atoms with Crippen LogP contribution in [-0.2, 0) is 0 Å². The maximum atomic E-state index is 4.66. The number of fused-ring (bicyclic) bond motifs is 1. The van der Waals surface area contributed by atoms with Gasteiger partial charge in [-0.25, -0.2) is 0 Å². The molecule has 0 bridgehead atoms. The standard InChI is InChI=1S/C36H37N5S/c1-22(2)34-16-17-35(42-34)30-12-8-9-13-32(23(30)3)39-25(5)36-31-19-27(14-15-33(31)40-41-36)28-18-29(21-37-20-28)38-24(4)26-10-6-7-11-26/h8-9,12,14-21,26,38-39H,1,4-7,10-11,13H2,2-3H3,(H,40,41). The average Bonchev–Trinajstić information content (AvgIpc) is 3.76. The minimum absolute atomic E-state index is 0.547. The van der Waals surface area contributed by atoms with Gasteiger partial charge in [-0.2, -0.15) is 5.10 Å². The molecule has 6 heteroatoms. The molecule has 1 saturated carbocycles. The van der Waals surface area contributed by atoms with Crippen molar-refractivity contribution in [3.63, 3.8) is 0 Å². The van der Waals surface area contributed by atoms with Crippen molar-refractivity contribution in [2.24, 2.45) is 5.92 Å². The third-order valence-electron chi connectivity index (χ3n) is 8.24. The Morgan fingerprint density at radius 2 is 1.83 bits per heavy atom. The predicted molar refractivity (Wildman–Crippen MR) is 180 cm³/mol. The lowest BCUT2D eigenvalue weighted by molar-refractivity contribution is 0.649. The van der Waals surface area contributed by atoms with Crippen LogP contribution in [0.15, 0.2) is 104 Å². The molecule has 3 heterocycles. The highest BCUT2D eigenvalue weighted by Gasteiger charge is 2.19. The fourth-order valence-corrected chi connectivity index (χ4v) is 6.82. The number of rotatable bonds is 9. The molecule has 0 aliphatic heterocycles. The van der Waals surface area contributed by atoms with Crippen LogP contribution >= 0.6 is 11.3 Å². The van der Waals surface area contributed by atoms with Gasteiger partial charge in [-0.1, -0.05) is 56.9 Å². The highest BCUT2D eigenvalue weighted by atomic mass is 32.1. The third-order valence-corrected chi connectivity index (χ3v) is 9.52. The Kier molecular flexibility index (Phi) is 7.81. The van der Waals surface area contributed by atoms with E-state index in [1.54, 1.807) is 11.3 Å². The van der Waals surface area contributed by atoms with Crippen LogP contribution in [0.2, 0.25) is 0 Å². The number of benzene rings is 1. The lowest BCUT2D eigenvalue weighted by Gasteiger charge is -2.16. The molecule has 6 rings (SSSR count). The van der Waals surface area contributed by atoms with Gasteiger partial charge < -0.3 is 10.6 Å². The monoisotopic (exact) mass is 571 g/mol. The molecule has 1 aromatic carbocycles. The zero-order valence-corrected chi connectivity index (χ0v) is 25.2. The fourth-order valence-electron chi connectivity index (χ4n) is 5.81. The van der Waals surface area contributed by atoms with Crippen molar-refractivity contribution in [3.05, 3.63) is 119 Å². The Morgan fingerprint density at radius 1 is 1.00 bits per heavy atom. The summed E-state index contributed by atoms with van der Waals surface area (Å²) >= 11 is 1.77. The Bertz CT molecular complexity index is 1790. The molecule has 0 radical (unpaired) electrons. The number of thiophene rings is 1. The molecule has 0 unspecified atom stereocenters. The van der Waals surface area contributed by atoms with E-state index >= 15 is 0 Å². The minimum atomic E-state index is 0.547. The lowest BCUT2D eigenvalue weighted by atomic mass is 10.0. The van der Waals surface area contributed by atoms with E-state index in [2.05, 4.69) is 114 Å². The maximum Gasteiger partial charge on any atom is 0.116 e. The second-order valence-electron chi connectivity index (χ2n) is 11.3. The summed E-state index contributed by atoms with van der Waals surface area (Å²) in [6.07, 6.45) is 16.1. The highest BCUT2D eigenvalue weighted by molar-refractivity contribution is 7.14. The second-order valence-corrected chi connectivity index (χ2v) is 12.4. The van der Waals surface area contributed by atoms with Gasteiger partial charge in [0.25, 0.3) is 0 Å². The number of H-pyrrole nitrogens is 1. The zero-order valence-electron chi connectivity index (χ0n) is 24.4. The van der Waals surface area contributed by atoms with Gasteiger partial charge in [-0.05, 0) is 85.2 Å². The van der Waals surface area contributed by atoms with Crippen LogP contribution < -0.4 is 10.6 Å². The van der Waals surface area contributed by atoms with Crippen LogP contribution in [0, 0.1) is 5.92 Å². The summed E-state index contributed by atoms with van der Waals surface area (Å²) in [4.78, 5) is 6.96. The highest BCUT2D eigenvalue weighted by Crippen LogP contribution is 2.36. The number of hydrogen-bond acceptors (Lipinski definition) is 5. The fraction of sp³-hybridized carbons (Fsp3) is 0.222. The smallest absolute Gasteiger partial charge is 0.116 e. The number of anilines is 1. The van der Waals surface area contributed by atoms with E-state index < -0.39 is 0 Å². The Labute approximate surface area is 252 Å². The number of hydrogen-bond donors (Lipinski definition) is 3. The summed E-state index contributed by atoms with van der Waals surface area (Å²) in [7, 11) is 0. The van der Waals surface area contributed by atoms with Crippen molar-refractivity contribution in [1.29, 1.82) is 0 Å². The predicted octanol–water partition coefficient (Wildman–Crippen LogP) is 9.71. The molecule has 42 heavy (non-hydrogen) atoms. The van der Waals surface area contributed by atoms with Gasteiger partial charge in [-0.3, -0.25) is 10.1 Å². The van der Waals surface area contributed by atoms with E-state index in [1.807, 2.05) is 12.4 Å². The summed E-state index contributed by atoms with van der Waals surface area (Å²) in [5.74, 6) is 0.547. The minimum Gasteiger partial charge on any atom is -0.358 e. The van der Waals surface area contributed by atoms with E-state index in [-0.39, 0.29) is 0 Å². The van der Waals surface area contributed by atoms with Gasteiger partial charge in [-0.15, -0.1) is 11.3 Å². The van der Waals surface area contributed by atoms with Crippen molar-refractivity contribution in [1.82, 2.24) is 20.5 Å². The quantitative estimate of drug-likeness (QED) is 0.187. The van der Waals surface area contributed by atoms with E-state index in [1.165, 1.54) is 46.6 Å². The second kappa shape index (κ2) is 11.8. The largest absolute Gasteiger partial charge is 0.358 e. The first-order valence-electron chi connectivity index (χ1n) is 14.6. The molecule has 0 amide bonds. The van der Waals surface area contributed by atoms with E-state index in [0.717, 1.165) is 62.5 Å². The van der Waals surface area contributed by atoms with Crippen LogP contribution in [0.1, 0.15) is 61.4 Å². The molecule has 2 aliphatic carbocycles. The summed E-state index contributed by atoms with van der Waals surface area (Å²) in [5.41, 5.74) is 11.3. The number of pyridine rings is 1. The molecule has 4 aromatic rings. The number of nitrogens with zero attached hydrogens (tertiary/aromatic N) is 2. The third kappa shape index (κ3) is 5.68. The van der Waals surface area contributed by atoms with Crippen LogP contribution in [0.25, 0.3) is 38.9 Å². The summed E-state index contributed by atoms with van der Waals surface area (Å²) in [5, 5.41) is 16.0. The molecular formula is C36H37N5S. The van der Waals surface area contributed by atoms with E-state index in [9.17, 15) is 0 Å². The van der Waals surface area contributed by atoms with Gasteiger partial charge in [0.15, 0.2) is 0 Å². The Hall–Kier alpha value is -4.42. The van der Waals surface area contributed by atoms with Crippen molar-refractivity contribution in [3.8, 4) is 11.1 Å². The summed E-state index contributed by atoms with van der Waals surface area (Å²) in [6, 6.07) is 12.8. The molecule has 5 nitrogen and oxygen atoms in total. The molecule has 3 N–H and O–H groups in total. The molecule has 1 fully saturated rings. The van der Waals surface area contributed by atoms with Crippen LogP contribution in [0.3, 0.4) is 0 Å². The molecule has 0 atom stereocenters. The number of allylic oxidation sites excluding steroid dienone is 7. The first kappa shape index (κ1) is 27.7. The van der Waals surface area contributed by atoms with Crippen LogP contribution in [0.4, 0.5) is 5.69 Å². The van der Waals surface area contributed by atoms with Gasteiger partial charge >= 0.3 is 0 Å². The van der Waals surface area contributed by atoms with E-state index in [4.69, 9.17) is 0 Å². The number of aromatic nitrogens is 3. The van der Waals surface area contributed by atoms with Crippen LogP contribution in [0.5, 0.6) is 0 Å². The molecule has 0 saturated heterocycles. The summed E-state index contributed by atoms with van der Waals surface area (Å²) in [6.45, 7) is 17.0. The van der Waals surface area contributed by atoms with Crippen LogP contribution in [-0.4, -0.2) is 15.2 Å².